The molecule has 1 aliphatic heterocycles. The molecule has 4 aromatic rings. The third kappa shape index (κ3) is 4.95. The Morgan fingerprint density at radius 2 is 1.51 bits per heavy atom. The Labute approximate surface area is 263 Å². The summed E-state index contributed by atoms with van der Waals surface area (Å²) in [5.74, 6) is -1.08. The van der Waals surface area contributed by atoms with Gasteiger partial charge in [0, 0.05) is 36.8 Å². The lowest BCUT2D eigenvalue weighted by atomic mass is 9.79. The maximum absolute atomic E-state index is 13.9. The quantitative estimate of drug-likeness (QED) is 0.286. The highest BCUT2D eigenvalue weighted by Gasteiger charge is 2.43. The van der Waals surface area contributed by atoms with Gasteiger partial charge in [0.15, 0.2) is 0 Å². The van der Waals surface area contributed by atoms with Crippen LogP contribution in [0.2, 0.25) is 0 Å². The van der Waals surface area contributed by atoms with Gasteiger partial charge in [-0.05, 0) is 77.1 Å². The Kier molecular flexibility index (Phi) is 7.04. The summed E-state index contributed by atoms with van der Waals surface area (Å²) in [4.78, 5) is 40.9. The van der Waals surface area contributed by atoms with Crippen LogP contribution in [0.15, 0.2) is 85.1 Å². The number of hydrogen-bond acceptors (Lipinski definition) is 4. The number of Topliss-reactive ketones (excluding diaryl/α,β-unsaturated/α-hetero) is 1. The zero-order chi connectivity index (χ0) is 30.5. The maximum Gasteiger partial charge on any atom is 0.407 e. The second-order valence-electron chi connectivity index (χ2n) is 13.0. The fourth-order valence-electron chi connectivity index (χ4n) is 8.31. The summed E-state index contributed by atoms with van der Waals surface area (Å²) in [6.45, 7) is 0.675. The number of hydrogen-bond donors (Lipinski definition) is 2. The fraction of sp³-hybridized carbons (Fsp3) is 0.342. The molecule has 4 atom stereocenters. The molecular weight excluding hydrogens is 562 g/mol. The number of rotatable bonds is 5. The minimum atomic E-state index is -0.509. The molecule has 4 unspecified atom stereocenters. The Hall–Kier alpha value is -4.65. The SMILES string of the molecule is O=C(NC1CCc2ccn3c2C1C(=O)CC(C(=O)NC1CCCc2ccccc21)C3)OCC1c2ccccc2-c2ccccc21. The van der Waals surface area contributed by atoms with Crippen molar-refractivity contribution < 1.29 is 19.1 Å². The van der Waals surface area contributed by atoms with Crippen molar-refractivity contribution in [2.45, 2.75) is 69.0 Å². The second-order valence-corrected chi connectivity index (χ2v) is 13.0. The van der Waals surface area contributed by atoms with Gasteiger partial charge in [0.2, 0.25) is 5.91 Å². The van der Waals surface area contributed by atoms with E-state index in [1.54, 1.807) is 0 Å². The number of ether oxygens (including phenoxy) is 1. The molecule has 228 valence electrons. The molecule has 4 aliphatic rings. The number of benzene rings is 3. The van der Waals surface area contributed by atoms with E-state index in [1.807, 2.05) is 42.6 Å². The lowest BCUT2D eigenvalue weighted by Gasteiger charge is -2.31. The summed E-state index contributed by atoms with van der Waals surface area (Å²) in [7, 11) is 0. The summed E-state index contributed by atoms with van der Waals surface area (Å²) < 4.78 is 7.94. The molecule has 0 saturated carbocycles. The summed E-state index contributed by atoms with van der Waals surface area (Å²) in [5, 5.41) is 6.35. The van der Waals surface area contributed by atoms with Crippen LogP contribution in [-0.2, 0) is 33.7 Å². The maximum atomic E-state index is 13.9. The van der Waals surface area contributed by atoms with Crippen LogP contribution in [0.3, 0.4) is 0 Å². The molecule has 3 aromatic carbocycles. The van der Waals surface area contributed by atoms with Gasteiger partial charge in [-0.3, -0.25) is 9.59 Å². The zero-order valence-electron chi connectivity index (χ0n) is 25.2. The van der Waals surface area contributed by atoms with Crippen LogP contribution >= 0.6 is 0 Å². The van der Waals surface area contributed by atoms with Gasteiger partial charge >= 0.3 is 6.09 Å². The number of nitrogens with one attached hydrogen (secondary N) is 2. The first-order chi connectivity index (χ1) is 22.0. The fourth-order valence-corrected chi connectivity index (χ4v) is 8.31. The van der Waals surface area contributed by atoms with E-state index in [4.69, 9.17) is 4.74 Å². The van der Waals surface area contributed by atoms with Crippen LogP contribution in [0.1, 0.15) is 77.1 Å². The number of nitrogens with zero attached hydrogens (tertiary/aromatic N) is 1. The Bertz CT molecular complexity index is 1760. The van der Waals surface area contributed by atoms with Crippen LogP contribution in [0, 0.1) is 5.92 Å². The third-order valence-corrected chi connectivity index (χ3v) is 10.4. The third-order valence-electron chi connectivity index (χ3n) is 10.4. The van der Waals surface area contributed by atoms with Crippen molar-refractivity contribution in [3.63, 3.8) is 0 Å². The molecule has 2 amide bonds. The van der Waals surface area contributed by atoms with Gasteiger partial charge in [-0.15, -0.1) is 0 Å². The predicted molar refractivity (Wildman–Crippen MR) is 171 cm³/mol. The Morgan fingerprint density at radius 1 is 0.800 bits per heavy atom. The van der Waals surface area contributed by atoms with Gasteiger partial charge in [-0.1, -0.05) is 72.8 Å². The van der Waals surface area contributed by atoms with Crippen molar-refractivity contribution in [3.8, 4) is 11.1 Å². The first kappa shape index (κ1) is 27.9. The van der Waals surface area contributed by atoms with E-state index in [9.17, 15) is 14.4 Å². The molecular formula is C38H37N3O4. The van der Waals surface area contributed by atoms with Crippen LogP contribution in [0.25, 0.3) is 11.1 Å². The molecule has 0 spiro atoms. The van der Waals surface area contributed by atoms with E-state index < -0.39 is 17.9 Å². The Morgan fingerprint density at radius 3 is 2.29 bits per heavy atom. The highest BCUT2D eigenvalue weighted by atomic mass is 16.5. The van der Waals surface area contributed by atoms with Crippen molar-refractivity contribution in [1.82, 2.24) is 15.2 Å². The minimum Gasteiger partial charge on any atom is -0.449 e. The van der Waals surface area contributed by atoms with Gasteiger partial charge in [-0.25, -0.2) is 4.79 Å². The number of aromatic nitrogens is 1. The molecule has 8 rings (SSSR count). The molecule has 2 N–H and O–H groups in total. The van der Waals surface area contributed by atoms with E-state index >= 15 is 0 Å². The van der Waals surface area contributed by atoms with Crippen LogP contribution in [0.5, 0.6) is 0 Å². The molecule has 1 aromatic heterocycles. The smallest absolute Gasteiger partial charge is 0.407 e. The largest absolute Gasteiger partial charge is 0.449 e. The Balaban J connectivity index is 0.966. The normalized spacial score (nSPS) is 23.2. The molecule has 0 fully saturated rings. The molecule has 7 heteroatoms. The van der Waals surface area contributed by atoms with Crippen molar-refractivity contribution in [2.24, 2.45) is 5.92 Å². The topological polar surface area (TPSA) is 89.4 Å². The van der Waals surface area contributed by atoms with Crippen LogP contribution in [0.4, 0.5) is 4.79 Å². The van der Waals surface area contributed by atoms with Gasteiger partial charge in [0.25, 0.3) is 0 Å². The van der Waals surface area contributed by atoms with E-state index in [1.165, 1.54) is 22.3 Å². The number of carbonyl (C=O) groups is 3. The number of carbonyl (C=O) groups excluding carboxylic acids is 3. The van der Waals surface area contributed by atoms with E-state index in [2.05, 4.69) is 57.7 Å². The van der Waals surface area contributed by atoms with Crippen molar-refractivity contribution in [3.05, 3.63) is 119 Å². The first-order valence-corrected chi connectivity index (χ1v) is 16.3. The number of ketones is 1. The molecule has 2 heterocycles. The van der Waals surface area contributed by atoms with E-state index in [0.29, 0.717) is 13.0 Å². The molecule has 3 aliphatic carbocycles. The summed E-state index contributed by atoms with van der Waals surface area (Å²) in [6.07, 6.45) is 6.00. The molecule has 7 nitrogen and oxygen atoms in total. The molecule has 45 heavy (non-hydrogen) atoms. The lowest BCUT2D eigenvalue weighted by Crippen LogP contribution is -2.45. The summed E-state index contributed by atoms with van der Waals surface area (Å²) in [5.41, 5.74) is 9.21. The monoisotopic (exact) mass is 599 g/mol. The number of fused-ring (bicyclic) bond motifs is 4. The first-order valence-electron chi connectivity index (χ1n) is 16.3. The van der Waals surface area contributed by atoms with Gasteiger partial charge < -0.3 is 19.9 Å². The standard InChI is InChI=1S/C38H37N3O4/c42-34-20-25(37(43)39-32-15-7-9-23-8-1-2-10-26(23)32)21-41-19-18-24-16-17-33(35(34)36(24)41)40-38(44)45-22-31-29-13-5-3-11-27(29)28-12-4-6-14-30(28)31/h1-6,8,10-14,18-19,25,31-33,35H,7,9,15-17,20-22H2,(H,39,43)(H,40,44). The van der Waals surface area contributed by atoms with Crippen LogP contribution < -0.4 is 10.6 Å². The van der Waals surface area contributed by atoms with Crippen molar-refractivity contribution >= 4 is 17.8 Å². The van der Waals surface area contributed by atoms with Gasteiger partial charge in [-0.2, -0.15) is 0 Å². The van der Waals surface area contributed by atoms with Crippen molar-refractivity contribution in [2.75, 3.05) is 6.61 Å². The number of amides is 2. The summed E-state index contributed by atoms with van der Waals surface area (Å²) >= 11 is 0. The highest BCUT2D eigenvalue weighted by Crippen LogP contribution is 2.45. The highest BCUT2D eigenvalue weighted by molar-refractivity contribution is 5.92. The van der Waals surface area contributed by atoms with Crippen molar-refractivity contribution in [1.29, 1.82) is 0 Å². The number of aryl methyl sites for hydroxylation is 2. The minimum absolute atomic E-state index is 0.00143. The second kappa shape index (κ2) is 11.4. The molecule has 0 bridgehead atoms. The van der Waals surface area contributed by atoms with Crippen LogP contribution in [-0.4, -0.2) is 35.0 Å². The van der Waals surface area contributed by atoms with Gasteiger partial charge in [0.05, 0.1) is 17.9 Å². The average Bonchev–Trinajstić information content (AvgIpc) is 3.57. The van der Waals surface area contributed by atoms with E-state index in [0.717, 1.165) is 48.1 Å². The summed E-state index contributed by atoms with van der Waals surface area (Å²) in [6, 6.07) is 26.5. The van der Waals surface area contributed by atoms with E-state index in [-0.39, 0.29) is 42.7 Å². The molecule has 0 saturated heterocycles. The molecule has 0 radical (unpaired) electrons. The average molecular weight is 600 g/mol. The van der Waals surface area contributed by atoms with Gasteiger partial charge in [0.1, 0.15) is 12.4 Å². The number of alkyl carbamates (subject to hydrolysis) is 1. The lowest BCUT2D eigenvalue weighted by molar-refractivity contribution is -0.130. The predicted octanol–water partition coefficient (Wildman–Crippen LogP) is 6.21. The zero-order valence-corrected chi connectivity index (χ0v) is 25.2.